The lowest BCUT2D eigenvalue weighted by Crippen LogP contribution is -2.28. The number of ether oxygens (including phenoxy) is 2. The fourth-order valence-corrected chi connectivity index (χ4v) is 3.48. The second kappa shape index (κ2) is 7.19. The molecule has 3 aromatic rings. The molecular formula is C20H23N5O2. The predicted molar refractivity (Wildman–Crippen MR) is 104 cm³/mol. The molecule has 1 aliphatic rings. The maximum Gasteiger partial charge on any atom is 0.241 e. The molecule has 0 unspecified atom stereocenters. The summed E-state index contributed by atoms with van der Waals surface area (Å²) in [4.78, 5) is 4.35. The monoisotopic (exact) mass is 365 g/mol. The van der Waals surface area contributed by atoms with Crippen molar-refractivity contribution in [3.8, 4) is 11.5 Å². The van der Waals surface area contributed by atoms with Gasteiger partial charge in [0.25, 0.3) is 0 Å². The standard InChI is InChI=1S/C20H23N5O2/c1-3-27-16-10-4-13(5-11-16)17-12-18(14-6-8-15(26-2)9-7-14)25-20(22-17)23-19(21)24-25/h4-11,17-18H,3,12H2,1-2H3,(H3,21,22,23,24)/t17-,18-/m0/s1. The zero-order valence-corrected chi connectivity index (χ0v) is 15.4. The van der Waals surface area contributed by atoms with E-state index in [4.69, 9.17) is 15.2 Å². The first kappa shape index (κ1) is 17.2. The van der Waals surface area contributed by atoms with E-state index in [1.807, 2.05) is 35.9 Å². The number of nitrogen functional groups attached to an aromatic ring is 1. The summed E-state index contributed by atoms with van der Waals surface area (Å²) in [6.07, 6.45) is 0.829. The van der Waals surface area contributed by atoms with Crippen molar-refractivity contribution in [2.45, 2.75) is 25.4 Å². The van der Waals surface area contributed by atoms with Crippen molar-refractivity contribution in [1.82, 2.24) is 14.8 Å². The molecule has 0 amide bonds. The number of benzene rings is 2. The molecule has 7 heteroatoms. The van der Waals surface area contributed by atoms with Crippen LogP contribution in [0.1, 0.15) is 36.6 Å². The van der Waals surface area contributed by atoms with Gasteiger partial charge in [0.15, 0.2) is 0 Å². The minimum Gasteiger partial charge on any atom is -0.497 e. The van der Waals surface area contributed by atoms with Gasteiger partial charge in [-0.25, -0.2) is 4.68 Å². The van der Waals surface area contributed by atoms with Gasteiger partial charge < -0.3 is 20.5 Å². The van der Waals surface area contributed by atoms with Crippen LogP contribution in [0.3, 0.4) is 0 Å². The van der Waals surface area contributed by atoms with E-state index in [0.29, 0.717) is 12.6 Å². The van der Waals surface area contributed by atoms with Crippen LogP contribution in [-0.2, 0) is 0 Å². The Balaban J connectivity index is 1.66. The van der Waals surface area contributed by atoms with E-state index in [2.05, 4.69) is 39.7 Å². The Morgan fingerprint density at radius 2 is 1.74 bits per heavy atom. The first-order valence-electron chi connectivity index (χ1n) is 9.03. The molecule has 0 radical (unpaired) electrons. The lowest BCUT2D eigenvalue weighted by molar-refractivity contribution is 0.340. The molecule has 1 aliphatic heterocycles. The molecule has 140 valence electrons. The van der Waals surface area contributed by atoms with Crippen molar-refractivity contribution in [1.29, 1.82) is 0 Å². The average Bonchev–Trinajstić information content (AvgIpc) is 3.08. The van der Waals surface area contributed by atoms with Gasteiger partial charge in [0.05, 0.1) is 25.8 Å². The predicted octanol–water partition coefficient (Wildman–Crippen LogP) is 3.41. The molecule has 0 aliphatic carbocycles. The van der Waals surface area contributed by atoms with Gasteiger partial charge in [-0.05, 0) is 48.7 Å². The van der Waals surface area contributed by atoms with Crippen molar-refractivity contribution in [2.75, 3.05) is 24.8 Å². The fourth-order valence-electron chi connectivity index (χ4n) is 3.48. The summed E-state index contributed by atoms with van der Waals surface area (Å²) in [5.74, 6) is 2.65. The topological polar surface area (TPSA) is 87.2 Å². The number of hydrogen-bond acceptors (Lipinski definition) is 6. The Hall–Kier alpha value is -3.22. The summed E-state index contributed by atoms with van der Waals surface area (Å²) in [7, 11) is 1.66. The quantitative estimate of drug-likeness (QED) is 0.720. The van der Waals surface area contributed by atoms with Crippen LogP contribution in [-0.4, -0.2) is 28.5 Å². The van der Waals surface area contributed by atoms with E-state index in [0.717, 1.165) is 23.5 Å². The highest BCUT2D eigenvalue weighted by molar-refractivity contribution is 5.43. The number of aromatic nitrogens is 3. The van der Waals surface area contributed by atoms with E-state index >= 15 is 0 Å². The zero-order chi connectivity index (χ0) is 18.8. The number of methoxy groups -OCH3 is 1. The van der Waals surface area contributed by atoms with Gasteiger partial charge in [-0.1, -0.05) is 24.3 Å². The molecular weight excluding hydrogens is 342 g/mol. The molecule has 0 saturated carbocycles. The van der Waals surface area contributed by atoms with Crippen molar-refractivity contribution in [3.63, 3.8) is 0 Å². The van der Waals surface area contributed by atoms with Gasteiger partial charge in [0.2, 0.25) is 11.9 Å². The maximum atomic E-state index is 5.86. The maximum absolute atomic E-state index is 5.86. The summed E-state index contributed by atoms with van der Waals surface area (Å²) in [5, 5.41) is 7.84. The third kappa shape index (κ3) is 3.40. The van der Waals surface area contributed by atoms with E-state index in [-0.39, 0.29) is 18.0 Å². The minimum atomic E-state index is 0.0357. The molecule has 0 saturated heterocycles. The van der Waals surface area contributed by atoms with Crippen LogP contribution in [0.15, 0.2) is 48.5 Å². The number of nitrogens with one attached hydrogen (secondary N) is 1. The molecule has 0 bridgehead atoms. The van der Waals surface area contributed by atoms with E-state index in [1.54, 1.807) is 7.11 Å². The highest BCUT2D eigenvalue weighted by atomic mass is 16.5. The number of rotatable bonds is 5. The largest absolute Gasteiger partial charge is 0.497 e. The van der Waals surface area contributed by atoms with Crippen molar-refractivity contribution >= 4 is 11.9 Å². The molecule has 2 aromatic carbocycles. The molecule has 0 spiro atoms. The van der Waals surface area contributed by atoms with Gasteiger partial charge in [-0.15, -0.1) is 5.10 Å². The highest BCUT2D eigenvalue weighted by Gasteiger charge is 2.30. The molecule has 7 nitrogen and oxygen atoms in total. The molecule has 3 N–H and O–H groups in total. The molecule has 2 heterocycles. The lowest BCUT2D eigenvalue weighted by Gasteiger charge is -2.31. The highest BCUT2D eigenvalue weighted by Crippen LogP contribution is 2.38. The summed E-state index contributed by atoms with van der Waals surface area (Å²) < 4.78 is 12.7. The molecule has 0 fully saturated rings. The number of fused-ring (bicyclic) bond motifs is 1. The average molecular weight is 365 g/mol. The van der Waals surface area contributed by atoms with Gasteiger partial charge in [0.1, 0.15) is 11.5 Å². The second-order valence-corrected chi connectivity index (χ2v) is 6.46. The normalized spacial score (nSPS) is 18.4. The third-order valence-electron chi connectivity index (χ3n) is 4.80. The fraction of sp³-hybridized carbons (Fsp3) is 0.300. The van der Waals surface area contributed by atoms with Crippen LogP contribution in [0.5, 0.6) is 11.5 Å². The van der Waals surface area contributed by atoms with Crippen LogP contribution >= 0.6 is 0 Å². The minimum absolute atomic E-state index is 0.0357. The molecule has 2 atom stereocenters. The van der Waals surface area contributed by atoms with Crippen LogP contribution in [0.25, 0.3) is 0 Å². The lowest BCUT2D eigenvalue weighted by atomic mass is 9.93. The summed E-state index contributed by atoms with van der Waals surface area (Å²) in [6.45, 7) is 2.64. The molecule has 27 heavy (non-hydrogen) atoms. The third-order valence-corrected chi connectivity index (χ3v) is 4.80. The van der Waals surface area contributed by atoms with Crippen molar-refractivity contribution in [3.05, 3.63) is 59.7 Å². The van der Waals surface area contributed by atoms with Gasteiger partial charge in [-0.3, -0.25) is 0 Å². The molecule has 1 aromatic heterocycles. The van der Waals surface area contributed by atoms with Gasteiger partial charge >= 0.3 is 0 Å². The Morgan fingerprint density at radius 3 is 2.41 bits per heavy atom. The van der Waals surface area contributed by atoms with Crippen LogP contribution < -0.4 is 20.5 Å². The van der Waals surface area contributed by atoms with Crippen LogP contribution in [0.4, 0.5) is 11.9 Å². The number of hydrogen-bond donors (Lipinski definition) is 2. The van der Waals surface area contributed by atoms with Crippen LogP contribution in [0, 0.1) is 0 Å². The second-order valence-electron chi connectivity index (χ2n) is 6.46. The first-order valence-corrected chi connectivity index (χ1v) is 9.03. The van der Waals surface area contributed by atoms with E-state index in [1.165, 1.54) is 5.56 Å². The first-order chi connectivity index (χ1) is 13.2. The van der Waals surface area contributed by atoms with Crippen LogP contribution in [0.2, 0.25) is 0 Å². The number of nitrogens with zero attached hydrogens (tertiary/aromatic N) is 3. The summed E-state index contributed by atoms with van der Waals surface area (Å²) >= 11 is 0. The molecule has 4 rings (SSSR count). The Kier molecular flexibility index (Phi) is 4.58. The van der Waals surface area contributed by atoms with E-state index < -0.39 is 0 Å². The smallest absolute Gasteiger partial charge is 0.241 e. The Bertz CT molecular complexity index is 905. The summed E-state index contributed by atoms with van der Waals surface area (Å²) in [5.41, 5.74) is 8.17. The van der Waals surface area contributed by atoms with Crippen molar-refractivity contribution < 1.29 is 9.47 Å². The number of anilines is 2. The van der Waals surface area contributed by atoms with E-state index in [9.17, 15) is 0 Å². The van der Waals surface area contributed by atoms with Gasteiger partial charge in [-0.2, -0.15) is 4.98 Å². The Labute approximate surface area is 158 Å². The SMILES string of the molecule is CCOc1ccc([C@@H]2C[C@@H](c3ccc(OC)cc3)n3nc(N)nc3N2)cc1. The van der Waals surface area contributed by atoms with Gasteiger partial charge in [0, 0.05) is 0 Å². The summed E-state index contributed by atoms with van der Waals surface area (Å²) in [6, 6.07) is 16.3. The Morgan fingerprint density at radius 1 is 1.07 bits per heavy atom. The van der Waals surface area contributed by atoms with Crippen molar-refractivity contribution in [2.24, 2.45) is 0 Å². The number of nitrogens with two attached hydrogens (primary N) is 1. The zero-order valence-electron chi connectivity index (χ0n) is 15.4.